The van der Waals surface area contributed by atoms with Gasteiger partial charge in [0.15, 0.2) is 0 Å². The van der Waals surface area contributed by atoms with Crippen molar-refractivity contribution in [2.45, 2.75) is 33.3 Å². The molecule has 0 spiro atoms. The second kappa shape index (κ2) is 8.63. The number of nitrogens with zero attached hydrogens (tertiary/aromatic N) is 1. The molecule has 0 radical (unpaired) electrons. The molecule has 6 heteroatoms. The van der Waals surface area contributed by atoms with Crippen molar-refractivity contribution in [3.05, 3.63) is 86.7 Å². The van der Waals surface area contributed by atoms with E-state index in [1.165, 1.54) is 17.4 Å². The minimum atomic E-state index is -0.455. The van der Waals surface area contributed by atoms with Crippen LogP contribution in [0, 0.1) is 6.92 Å². The summed E-state index contributed by atoms with van der Waals surface area (Å²) in [6.07, 6.45) is 0.929. The lowest BCUT2D eigenvalue weighted by molar-refractivity contribution is -0.144. The van der Waals surface area contributed by atoms with Crippen LogP contribution < -0.4 is 5.63 Å². The van der Waals surface area contributed by atoms with Gasteiger partial charge in [-0.2, -0.15) is 0 Å². The Bertz CT molecular complexity index is 1270. The Labute approximate surface area is 178 Å². The van der Waals surface area contributed by atoms with Crippen molar-refractivity contribution >= 4 is 28.3 Å². The van der Waals surface area contributed by atoms with E-state index in [0.717, 1.165) is 33.5 Å². The molecule has 152 valence electrons. The molecule has 0 unspecified atom stereocenters. The molecule has 5 nitrogen and oxygen atoms in total. The number of hydrogen-bond donors (Lipinski definition) is 0. The highest BCUT2D eigenvalue weighted by atomic mass is 32.1. The number of aryl methyl sites for hydroxylation is 2. The van der Waals surface area contributed by atoms with Crippen molar-refractivity contribution in [2.24, 2.45) is 0 Å². The fourth-order valence-electron chi connectivity index (χ4n) is 3.27. The summed E-state index contributed by atoms with van der Waals surface area (Å²) in [7, 11) is 0. The minimum Gasteiger partial charge on any atom is -0.460 e. The molecule has 0 N–H and O–H groups in total. The van der Waals surface area contributed by atoms with E-state index in [2.05, 4.69) is 11.1 Å². The van der Waals surface area contributed by atoms with Crippen molar-refractivity contribution in [3.63, 3.8) is 0 Å². The van der Waals surface area contributed by atoms with Gasteiger partial charge in [-0.1, -0.05) is 42.8 Å². The maximum Gasteiger partial charge on any atom is 0.336 e. The number of thiazole rings is 1. The SMILES string of the molecule is CCc1ccc2c(COC(=O)Cc3csc(-c4cccc(C)c4)n3)cc(=O)oc2c1. The lowest BCUT2D eigenvalue weighted by Gasteiger charge is -2.07. The molecule has 0 fully saturated rings. The zero-order valence-corrected chi connectivity index (χ0v) is 17.6. The highest BCUT2D eigenvalue weighted by Crippen LogP contribution is 2.25. The van der Waals surface area contributed by atoms with Crippen molar-refractivity contribution in [1.82, 2.24) is 4.98 Å². The van der Waals surface area contributed by atoms with Crippen LogP contribution >= 0.6 is 11.3 Å². The third-order valence-corrected chi connectivity index (χ3v) is 5.77. The third kappa shape index (κ3) is 4.49. The lowest BCUT2D eigenvalue weighted by atomic mass is 10.1. The Balaban J connectivity index is 1.45. The molecular formula is C24H21NO4S. The standard InChI is InChI=1S/C24H21NO4S/c1-3-16-7-8-20-18(11-23(27)29-21(20)10-16)13-28-22(26)12-19-14-30-24(25-19)17-6-4-5-15(2)9-17/h4-11,14H,3,12-13H2,1-2H3. The van der Waals surface area contributed by atoms with Crippen molar-refractivity contribution in [2.75, 3.05) is 0 Å². The van der Waals surface area contributed by atoms with Crippen LogP contribution in [0.5, 0.6) is 0 Å². The van der Waals surface area contributed by atoms with Crippen LogP contribution in [0.25, 0.3) is 21.5 Å². The van der Waals surface area contributed by atoms with E-state index >= 15 is 0 Å². The highest BCUT2D eigenvalue weighted by Gasteiger charge is 2.13. The van der Waals surface area contributed by atoms with Crippen molar-refractivity contribution in [3.8, 4) is 10.6 Å². The Hall–Kier alpha value is -3.25. The van der Waals surface area contributed by atoms with E-state index in [0.29, 0.717) is 16.8 Å². The topological polar surface area (TPSA) is 69.4 Å². The monoisotopic (exact) mass is 419 g/mol. The van der Waals surface area contributed by atoms with Crippen LogP contribution in [0.4, 0.5) is 0 Å². The summed E-state index contributed by atoms with van der Waals surface area (Å²) >= 11 is 1.50. The summed E-state index contributed by atoms with van der Waals surface area (Å²) in [5.41, 5.74) is 4.64. The van der Waals surface area contributed by atoms with E-state index in [1.54, 1.807) is 0 Å². The predicted octanol–water partition coefficient (Wildman–Crippen LogP) is 5.07. The largest absolute Gasteiger partial charge is 0.460 e. The second-order valence-electron chi connectivity index (χ2n) is 7.13. The van der Waals surface area contributed by atoms with Crippen LogP contribution in [0.2, 0.25) is 0 Å². The summed E-state index contributed by atoms with van der Waals surface area (Å²) in [4.78, 5) is 28.8. The zero-order valence-electron chi connectivity index (χ0n) is 16.8. The molecule has 2 aromatic carbocycles. The molecular weight excluding hydrogens is 398 g/mol. The Morgan fingerprint density at radius 1 is 1.17 bits per heavy atom. The molecule has 0 saturated heterocycles. The summed E-state index contributed by atoms with van der Waals surface area (Å²) in [6.45, 7) is 4.08. The zero-order chi connectivity index (χ0) is 21.1. The summed E-state index contributed by atoms with van der Waals surface area (Å²) in [5, 5.41) is 3.52. The summed E-state index contributed by atoms with van der Waals surface area (Å²) in [5.74, 6) is -0.386. The quantitative estimate of drug-likeness (QED) is 0.322. The van der Waals surface area contributed by atoms with Crippen molar-refractivity contribution < 1.29 is 13.9 Å². The van der Waals surface area contributed by atoms with E-state index in [1.807, 2.05) is 55.6 Å². The number of rotatable bonds is 6. The van der Waals surface area contributed by atoms with Gasteiger partial charge in [-0.25, -0.2) is 9.78 Å². The fraction of sp³-hybridized carbons (Fsp3) is 0.208. The van der Waals surface area contributed by atoms with Gasteiger partial charge in [-0.05, 0) is 31.0 Å². The first-order chi connectivity index (χ1) is 14.5. The second-order valence-corrected chi connectivity index (χ2v) is 7.98. The van der Waals surface area contributed by atoms with E-state index in [-0.39, 0.29) is 19.0 Å². The fourth-order valence-corrected chi connectivity index (χ4v) is 4.09. The summed E-state index contributed by atoms with van der Waals surface area (Å²) < 4.78 is 10.7. The number of ether oxygens (including phenoxy) is 1. The average molecular weight is 420 g/mol. The number of esters is 1. The van der Waals surface area contributed by atoms with Gasteiger partial charge in [0.05, 0.1) is 12.1 Å². The van der Waals surface area contributed by atoms with Crippen LogP contribution in [0.15, 0.2) is 63.1 Å². The number of benzene rings is 2. The van der Waals surface area contributed by atoms with E-state index in [4.69, 9.17) is 9.15 Å². The van der Waals surface area contributed by atoms with Gasteiger partial charge < -0.3 is 9.15 Å². The lowest BCUT2D eigenvalue weighted by Crippen LogP contribution is -2.10. The molecule has 2 aromatic heterocycles. The number of carbonyl (C=O) groups excluding carboxylic acids is 1. The predicted molar refractivity (Wildman–Crippen MR) is 118 cm³/mol. The first-order valence-corrected chi connectivity index (χ1v) is 10.6. The molecule has 4 aromatic rings. The Morgan fingerprint density at radius 3 is 2.83 bits per heavy atom. The summed E-state index contributed by atoms with van der Waals surface area (Å²) in [6, 6.07) is 15.2. The van der Waals surface area contributed by atoms with Crippen LogP contribution in [-0.2, 0) is 29.0 Å². The first kappa shape index (κ1) is 20.0. The van der Waals surface area contributed by atoms with Gasteiger partial charge in [-0.15, -0.1) is 11.3 Å². The third-order valence-electron chi connectivity index (χ3n) is 4.83. The molecule has 0 amide bonds. The molecule has 2 heterocycles. The molecule has 0 saturated carbocycles. The first-order valence-electron chi connectivity index (χ1n) is 9.74. The maximum atomic E-state index is 12.3. The van der Waals surface area contributed by atoms with Gasteiger partial charge in [0, 0.05) is 28.0 Å². The Kier molecular flexibility index (Phi) is 5.77. The molecule has 0 atom stereocenters. The van der Waals surface area contributed by atoms with Gasteiger partial charge in [0.2, 0.25) is 0 Å². The van der Waals surface area contributed by atoms with Gasteiger partial charge in [0.25, 0.3) is 0 Å². The van der Waals surface area contributed by atoms with E-state index in [9.17, 15) is 9.59 Å². The molecule has 30 heavy (non-hydrogen) atoms. The minimum absolute atomic E-state index is 0.0152. The number of carbonyl (C=O) groups is 1. The molecule has 0 aliphatic heterocycles. The number of aromatic nitrogens is 1. The number of hydrogen-bond acceptors (Lipinski definition) is 6. The van der Waals surface area contributed by atoms with Crippen LogP contribution in [0.1, 0.15) is 29.3 Å². The maximum absolute atomic E-state index is 12.3. The molecule has 0 bridgehead atoms. The van der Waals surface area contributed by atoms with Gasteiger partial charge in [0.1, 0.15) is 17.2 Å². The van der Waals surface area contributed by atoms with Crippen LogP contribution in [-0.4, -0.2) is 11.0 Å². The number of fused-ring (bicyclic) bond motifs is 1. The molecule has 4 rings (SSSR count). The van der Waals surface area contributed by atoms with Gasteiger partial charge >= 0.3 is 11.6 Å². The average Bonchev–Trinajstić information content (AvgIpc) is 3.19. The molecule has 0 aliphatic carbocycles. The Morgan fingerprint density at radius 2 is 2.03 bits per heavy atom. The van der Waals surface area contributed by atoms with Gasteiger partial charge in [-0.3, -0.25) is 4.79 Å². The smallest absolute Gasteiger partial charge is 0.336 e. The van der Waals surface area contributed by atoms with Crippen LogP contribution in [0.3, 0.4) is 0 Å². The normalized spacial score (nSPS) is 11.0. The van der Waals surface area contributed by atoms with Crippen molar-refractivity contribution in [1.29, 1.82) is 0 Å². The molecule has 0 aliphatic rings. The highest BCUT2D eigenvalue weighted by molar-refractivity contribution is 7.13. The van der Waals surface area contributed by atoms with E-state index < -0.39 is 5.63 Å².